The van der Waals surface area contributed by atoms with E-state index in [0.29, 0.717) is 23.7 Å². The lowest BCUT2D eigenvalue weighted by Crippen LogP contribution is -2.31. The number of amides is 3. The number of esters is 1. The first kappa shape index (κ1) is 22.5. The van der Waals surface area contributed by atoms with Gasteiger partial charge < -0.3 is 14.8 Å². The highest BCUT2D eigenvalue weighted by atomic mass is 35.5. The van der Waals surface area contributed by atoms with E-state index < -0.39 is 29.8 Å². The smallest absolute Gasteiger partial charge is 0.338 e. The number of nitrogens with one attached hydrogen (secondary N) is 1. The molecule has 2 aromatic rings. The average molecular weight is 445 g/mol. The van der Waals surface area contributed by atoms with Crippen LogP contribution in [0.2, 0.25) is 5.02 Å². The lowest BCUT2D eigenvalue weighted by Gasteiger charge is -2.14. The van der Waals surface area contributed by atoms with Crippen LogP contribution in [0, 0.1) is 0 Å². The van der Waals surface area contributed by atoms with E-state index in [4.69, 9.17) is 21.1 Å². The number of fused-ring (bicyclic) bond motifs is 1. The molecule has 31 heavy (non-hydrogen) atoms. The van der Waals surface area contributed by atoms with Crippen molar-refractivity contribution >= 4 is 41.0 Å². The van der Waals surface area contributed by atoms with Gasteiger partial charge in [-0.25, -0.2) is 4.79 Å². The Morgan fingerprint density at radius 2 is 1.74 bits per heavy atom. The maximum Gasteiger partial charge on any atom is 0.338 e. The Kier molecular flexibility index (Phi) is 7.04. The predicted molar refractivity (Wildman–Crippen MR) is 113 cm³/mol. The number of carbonyl (C=O) groups is 4. The van der Waals surface area contributed by atoms with Gasteiger partial charge in [-0.05, 0) is 55.8 Å². The number of anilines is 1. The number of rotatable bonds is 8. The third kappa shape index (κ3) is 5.10. The van der Waals surface area contributed by atoms with Crippen molar-refractivity contribution in [3.63, 3.8) is 0 Å². The number of hydrogen-bond acceptors (Lipinski definition) is 6. The minimum absolute atomic E-state index is 0.0739. The predicted octanol–water partition coefficient (Wildman–Crippen LogP) is 3.16. The molecule has 0 saturated carbocycles. The number of hydrogen-bond donors (Lipinski definition) is 1. The fourth-order valence-corrected chi connectivity index (χ4v) is 3.17. The van der Waals surface area contributed by atoms with E-state index in [1.54, 1.807) is 24.3 Å². The second-order valence-corrected chi connectivity index (χ2v) is 7.35. The van der Waals surface area contributed by atoms with E-state index in [2.05, 4.69) is 5.32 Å². The number of carbonyl (C=O) groups excluding carboxylic acids is 4. The third-order valence-corrected chi connectivity index (χ3v) is 4.95. The van der Waals surface area contributed by atoms with Crippen molar-refractivity contribution in [1.82, 2.24) is 4.90 Å². The van der Waals surface area contributed by atoms with Crippen molar-refractivity contribution in [2.45, 2.75) is 19.4 Å². The SMILES string of the molecule is COCCCN1C(=O)c2ccc(C(=O)OC(C)C(=O)Nc3ccc(Cl)cc3)cc2C1=O. The second-order valence-electron chi connectivity index (χ2n) is 6.91. The van der Waals surface area contributed by atoms with Crippen LogP contribution >= 0.6 is 11.6 Å². The summed E-state index contributed by atoms with van der Waals surface area (Å²) < 4.78 is 10.2. The van der Waals surface area contributed by atoms with E-state index in [1.807, 2.05) is 0 Å². The molecular weight excluding hydrogens is 424 g/mol. The van der Waals surface area contributed by atoms with E-state index in [9.17, 15) is 19.2 Å². The summed E-state index contributed by atoms with van der Waals surface area (Å²) in [5.41, 5.74) is 0.944. The molecule has 1 aliphatic rings. The number of methoxy groups -OCH3 is 1. The van der Waals surface area contributed by atoms with Crippen molar-refractivity contribution in [2.75, 3.05) is 25.6 Å². The minimum atomic E-state index is -1.08. The van der Waals surface area contributed by atoms with Crippen LogP contribution < -0.4 is 5.32 Å². The minimum Gasteiger partial charge on any atom is -0.449 e. The molecule has 162 valence electrons. The largest absolute Gasteiger partial charge is 0.449 e. The van der Waals surface area contributed by atoms with Crippen molar-refractivity contribution < 1.29 is 28.7 Å². The summed E-state index contributed by atoms with van der Waals surface area (Å²) >= 11 is 5.81. The maximum absolute atomic E-state index is 12.6. The van der Waals surface area contributed by atoms with Crippen LogP contribution in [0.15, 0.2) is 42.5 Å². The highest BCUT2D eigenvalue weighted by molar-refractivity contribution is 6.30. The maximum atomic E-state index is 12.6. The molecule has 3 amide bonds. The van der Waals surface area contributed by atoms with E-state index in [-0.39, 0.29) is 23.2 Å². The van der Waals surface area contributed by atoms with Gasteiger partial charge in [0, 0.05) is 31.0 Å². The number of halogens is 1. The summed E-state index contributed by atoms with van der Waals surface area (Å²) in [6.07, 6.45) is -0.573. The topological polar surface area (TPSA) is 102 Å². The summed E-state index contributed by atoms with van der Waals surface area (Å²) in [6, 6.07) is 10.6. The molecular formula is C22H21ClN2O6. The fourth-order valence-electron chi connectivity index (χ4n) is 3.05. The molecule has 2 aromatic carbocycles. The Balaban J connectivity index is 1.65. The van der Waals surface area contributed by atoms with Crippen LogP contribution in [0.1, 0.15) is 44.4 Å². The van der Waals surface area contributed by atoms with Gasteiger partial charge in [0.2, 0.25) is 0 Å². The molecule has 0 aromatic heterocycles. The van der Waals surface area contributed by atoms with Gasteiger partial charge in [0.1, 0.15) is 0 Å². The van der Waals surface area contributed by atoms with Gasteiger partial charge in [-0.3, -0.25) is 19.3 Å². The van der Waals surface area contributed by atoms with E-state index >= 15 is 0 Å². The van der Waals surface area contributed by atoms with E-state index in [0.717, 1.165) is 4.90 Å². The molecule has 3 rings (SSSR count). The molecule has 0 spiro atoms. The Morgan fingerprint density at radius 3 is 2.42 bits per heavy atom. The number of benzene rings is 2. The molecule has 1 atom stereocenters. The highest BCUT2D eigenvalue weighted by Gasteiger charge is 2.35. The normalized spacial score (nSPS) is 13.7. The molecule has 0 fully saturated rings. The number of imide groups is 1. The first-order valence-electron chi connectivity index (χ1n) is 9.58. The fraction of sp³-hybridized carbons (Fsp3) is 0.273. The van der Waals surface area contributed by atoms with Crippen molar-refractivity contribution in [3.8, 4) is 0 Å². The van der Waals surface area contributed by atoms with Crippen molar-refractivity contribution in [2.24, 2.45) is 0 Å². The zero-order valence-corrected chi connectivity index (χ0v) is 17.8. The summed E-state index contributed by atoms with van der Waals surface area (Å²) in [5.74, 6) is -2.18. The molecule has 0 aliphatic carbocycles. The van der Waals surface area contributed by atoms with Crippen LogP contribution in [0.3, 0.4) is 0 Å². The van der Waals surface area contributed by atoms with Gasteiger partial charge in [-0.2, -0.15) is 0 Å². The summed E-state index contributed by atoms with van der Waals surface area (Å²) in [6.45, 7) is 2.07. The second kappa shape index (κ2) is 9.72. The molecule has 9 heteroatoms. The quantitative estimate of drug-likeness (QED) is 0.381. The van der Waals surface area contributed by atoms with E-state index in [1.165, 1.54) is 32.2 Å². The van der Waals surface area contributed by atoms with Crippen molar-refractivity contribution in [3.05, 3.63) is 64.2 Å². The highest BCUT2D eigenvalue weighted by Crippen LogP contribution is 2.25. The first-order valence-corrected chi connectivity index (χ1v) is 9.96. The molecule has 1 N–H and O–H groups in total. The van der Waals surface area contributed by atoms with Crippen LogP contribution in [-0.2, 0) is 14.3 Å². The van der Waals surface area contributed by atoms with Crippen LogP contribution in [-0.4, -0.2) is 55.0 Å². The van der Waals surface area contributed by atoms with Gasteiger partial charge in [0.05, 0.1) is 16.7 Å². The molecule has 1 unspecified atom stereocenters. The van der Waals surface area contributed by atoms with Gasteiger partial charge >= 0.3 is 5.97 Å². The molecule has 1 heterocycles. The Bertz CT molecular complexity index is 1020. The monoisotopic (exact) mass is 444 g/mol. The molecule has 0 saturated heterocycles. The summed E-state index contributed by atoms with van der Waals surface area (Å²) in [5, 5.41) is 3.15. The molecule has 0 bridgehead atoms. The Morgan fingerprint density at radius 1 is 1.06 bits per heavy atom. The van der Waals surface area contributed by atoms with Crippen molar-refractivity contribution in [1.29, 1.82) is 0 Å². The zero-order valence-electron chi connectivity index (χ0n) is 17.0. The Hall–Kier alpha value is -3.23. The van der Waals surface area contributed by atoms with Gasteiger partial charge in [0.15, 0.2) is 6.10 Å². The molecule has 8 nitrogen and oxygen atoms in total. The van der Waals surface area contributed by atoms with Crippen LogP contribution in [0.25, 0.3) is 0 Å². The Labute approximate surface area is 184 Å². The molecule has 0 radical (unpaired) electrons. The number of ether oxygens (including phenoxy) is 2. The van der Waals surface area contributed by atoms with Gasteiger partial charge in [-0.15, -0.1) is 0 Å². The van der Waals surface area contributed by atoms with Gasteiger partial charge in [0.25, 0.3) is 17.7 Å². The average Bonchev–Trinajstić information content (AvgIpc) is 2.99. The standard InChI is InChI=1S/C22H21ClN2O6/c1-13(19(26)24-16-7-5-15(23)6-8-16)31-22(29)14-4-9-17-18(12-14)21(28)25(20(17)27)10-3-11-30-2/h4-9,12-13H,3,10-11H2,1-2H3,(H,24,26). The lowest BCUT2D eigenvalue weighted by molar-refractivity contribution is -0.123. The number of nitrogens with zero attached hydrogens (tertiary/aromatic N) is 1. The van der Waals surface area contributed by atoms with Crippen LogP contribution in [0.4, 0.5) is 5.69 Å². The zero-order chi connectivity index (χ0) is 22.5. The lowest BCUT2D eigenvalue weighted by atomic mass is 10.1. The summed E-state index contributed by atoms with van der Waals surface area (Å²) in [7, 11) is 1.54. The first-order chi connectivity index (χ1) is 14.8. The molecule has 1 aliphatic heterocycles. The van der Waals surface area contributed by atoms with Gasteiger partial charge in [-0.1, -0.05) is 11.6 Å². The third-order valence-electron chi connectivity index (χ3n) is 4.70. The summed E-state index contributed by atoms with van der Waals surface area (Å²) in [4.78, 5) is 50.9. The van der Waals surface area contributed by atoms with Crippen LogP contribution in [0.5, 0.6) is 0 Å².